The number of nitrogens with one attached hydrogen (secondary N) is 1. The third-order valence-electron chi connectivity index (χ3n) is 5.20. The molecular formula is C20H28N4O2. The summed E-state index contributed by atoms with van der Waals surface area (Å²) in [6.45, 7) is 7.89. The van der Waals surface area contributed by atoms with E-state index >= 15 is 0 Å². The van der Waals surface area contributed by atoms with E-state index < -0.39 is 0 Å². The third kappa shape index (κ3) is 3.89. The molecule has 140 valence electrons. The third-order valence-corrected chi connectivity index (χ3v) is 5.20. The number of hydrogen-bond donors (Lipinski definition) is 1. The number of carbonyl (C=O) groups excluding carboxylic acids is 2. The van der Waals surface area contributed by atoms with Gasteiger partial charge < -0.3 is 14.8 Å². The molecule has 1 atom stereocenters. The first-order valence-electron chi connectivity index (χ1n) is 9.52. The van der Waals surface area contributed by atoms with E-state index in [9.17, 15) is 9.59 Å². The number of carbonyl (C=O) groups is 2. The van der Waals surface area contributed by atoms with Gasteiger partial charge in [0, 0.05) is 19.5 Å². The van der Waals surface area contributed by atoms with Crippen molar-refractivity contribution in [2.75, 3.05) is 13.1 Å². The standard InChI is InChI=1S/C20H28N4O2/c1-4-18(25)21-15(3)20-22-16-7-5-6-8-17(16)24(20)13-19(26)23-11-9-14(2)10-12-23/h5-8,14-15H,4,9-13H2,1-3H3,(H,21,25). The van der Waals surface area contributed by atoms with Crippen LogP contribution < -0.4 is 5.32 Å². The highest BCUT2D eigenvalue weighted by molar-refractivity contribution is 5.82. The number of nitrogens with zero attached hydrogens (tertiary/aromatic N) is 3. The van der Waals surface area contributed by atoms with Crippen molar-refractivity contribution in [1.82, 2.24) is 19.8 Å². The Balaban J connectivity index is 1.86. The maximum absolute atomic E-state index is 12.9. The zero-order chi connectivity index (χ0) is 18.7. The Labute approximate surface area is 154 Å². The van der Waals surface area contributed by atoms with Crippen molar-refractivity contribution < 1.29 is 9.59 Å². The van der Waals surface area contributed by atoms with Gasteiger partial charge in [0.25, 0.3) is 0 Å². The molecule has 1 N–H and O–H groups in total. The fourth-order valence-electron chi connectivity index (χ4n) is 3.49. The Hall–Kier alpha value is -2.37. The van der Waals surface area contributed by atoms with Crippen LogP contribution in [0.25, 0.3) is 11.0 Å². The van der Waals surface area contributed by atoms with Crippen molar-refractivity contribution in [3.63, 3.8) is 0 Å². The molecule has 1 fully saturated rings. The number of hydrogen-bond acceptors (Lipinski definition) is 3. The largest absolute Gasteiger partial charge is 0.346 e. The number of fused-ring (bicyclic) bond motifs is 1. The number of imidazole rings is 1. The average molecular weight is 356 g/mol. The smallest absolute Gasteiger partial charge is 0.242 e. The lowest BCUT2D eigenvalue weighted by molar-refractivity contribution is -0.133. The van der Waals surface area contributed by atoms with E-state index in [1.54, 1.807) is 0 Å². The molecule has 0 aliphatic carbocycles. The first-order valence-corrected chi connectivity index (χ1v) is 9.52. The number of para-hydroxylation sites is 2. The van der Waals surface area contributed by atoms with Gasteiger partial charge in [-0.1, -0.05) is 26.0 Å². The highest BCUT2D eigenvalue weighted by Gasteiger charge is 2.24. The molecule has 1 aromatic carbocycles. The molecular weight excluding hydrogens is 328 g/mol. The van der Waals surface area contributed by atoms with Gasteiger partial charge >= 0.3 is 0 Å². The van der Waals surface area contributed by atoms with Crippen molar-refractivity contribution >= 4 is 22.8 Å². The summed E-state index contributed by atoms with van der Waals surface area (Å²) < 4.78 is 1.95. The van der Waals surface area contributed by atoms with Crippen molar-refractivity contribution in [3.05, 3.63) is 30.1 Å². The minimum Gasteiger partial charge on any atom is -0.346 e. The zero-order valence-corrected chi connectivity index (χ0v) is 15.9. The number of benzene rings is 1. The second kappa shape index (κ2) is 7.89. The molecule has 0 saturated carbocycles. The topological polar surface area (TPSA) is 67.2 Å². The Morgan fingerprint density at radius 1 is 1.27 bits per heavy atom. The van der Waals surface area contributed by atoms with Crippen LogP contribution in [-0.2, 0) is 16.1 Å². The van der Waals surface area contributed by atoms with Gasteiger partial charge in [0.05, 0.1) is 17.1 Å². The van der Waals surface area contributed by atoms with E-state index in [2.05, 4.69) is 17.2 Å². The Morgan fingerprint density at radius 3 is 2.65 bits per heavy atom. The number of piperidine rings is 1. The molecule has 1 unspecified atom stereocenters. The minimum absolute atomic E-state index is 0.0209. The molecule has 2 aromatic rings. The van der Waals surface area contributed by atoms with Gasteiger partial charge in [-0.25, -0.2) is 4.98 Å². The van der Waals surface area contributed by atoms with Crippen LogP contribution in [0.3, 0.4) is 0 Å². The molecule has 1 aliphatic rings. The quantitative estimate of drug-likeness (QED) is 0.896. The Kier molecular flexibility index (Phi) is 5.59. The molecule has 1 aromatic heterocycles. The van der Waals surface area contributed by atoms with Crippen LogP contribution in [-0.4, -0.2) is 39.4 Å². The summed E-state index contributed by atoms with van der Waals surface area (Å²) in [6, 6.07) is 7.56. The minimum atomic E-state index is -0.246. The van der Waals surface area contributed by atoms with Crippen molar-refractivity contribution in [3.8, 4) is 0 Å². The number of likely N-dealkylation sites (tertiary alicyclic amines) is 1. The van der Waals surface area contributed by atoms with Crippen LogP contribution in [0.15, 0.2) is 24.3 Å². The van der Waals surface area contributed by atoms with Gasteiger partial charge in [-0.2, -0.15) is 0 Å². The second-order valence-corrected chi connectivity index (χ2v) is 7.25. The molecule has 2 heterocycles. The van der Waals surface area contributed by atoms with Gasteiger partial charge in [0.2, 0.25) is 11.8 Å². The molecule has 6 nitrogen and oxygen atoms in total. The Bertz CT molecular complexity index is 790. The summed E-state index contributed by atoms with van der Waals surface area (Å²) in [5.41, 5.74) is 1.78. The summed E-state index contributed by atoms with van der Waals surface area (Å²) >= 11 is 0. The molecule has 26 heavy (non-hydrogen) atoms. The average Bonchev–Trinajstić information content (AvgIpc) is 3.01. The molecule has 1 aliphatic heterocycles. The van der Waals surface area contributed by atoms with Gasteiger partial charge in [-0.15, -0.1) is 0 Å². The van der Waals surface area contributed by atoms with Crippen LogP contribution in [0.5, 0.6) is 0 Å². The fourth-order valence-corrected chi connectivity index (χ4v) is 3.49. The van der Waals surface area contributed by atoms with E-state index in [0.717, 1.165) is 42.8 Å². The summed E-state index contributed by atoms with van der Waals surface area (Å²) in [5, 5.41) is 2.96. The van der Waals surface area contributed by atoms with Gasteiger partial charge in [0.1, 0.15) is 12.4 Å². The maximum Gasteiger partial charge on any atom is 0.242 e. The van der Waals surface area contributed by atoms with E-state index in [-0.39, 0.29) is 24.4 Å². The van der Waals surface area contributed by atoms with E-state index in [0.29, 0.717) is 12.3 Å². The van der Waals surface area contributed by atoms with E-state index in [1.807, 2.05) is 47.6 Å². The van der Waals surface area contributed by atoms with Crippen LogP contribution in [0.1, 0.15) is 51.9 Å². The molecule has 1 saturated heterocycles. The van der Waals surface area contributed by atoms with Crippen LogP contribution >= 0.6 is 0 Å². The molecule has 6 heteroatoms. The van der Waals surface area contributed by atoms with E-state index in [4.69, 9.17) is 0 Å². The van der Waals surface area contributed by atoms with Crippen molar-refractivity contribution in [2.24, 2.45) is 5.92 Å². The lowest BCUT2D eigenvalue weighted by Crippen LogP contribution is -2.40. The van der Waals surface area contributed by atoms with Crippen molar-refractivity contribution in [1.29, 1.82) is 0 Å². The van der Waals surface area contributed by atoms with Crippen LogP contribution in [0, 0.1) is 5.92 Å². The lowest BCUT2D eigenvalue weighted by atomic mass is 9.99. The van der Waals surface area contributed by atoms with Crippen LogP contribution in [0.4, 0.5) is 0 Å². The highest BCUT2D eigenvalue weighted by Crippen LogP contribution is 2.22. The van der Waals surface area contributed by atoms with Gasteiger partial charge in [0.15, 0.2) is 0 Å². The lowest BCUT2D eigenvalue weighted by Gasteiger charge is -2.30. The predicted molar refractivity (Wildman–Crippen MR) is 102 cm³/mol. The number of rotatable bonds is 5. The molecule has 0 bridgehead atoms. The predicted octanol–water partition coefficient (Wildman–Crippen LogP) is 2.88. The monoisotopic (exact) mass is 356 g/mol. The van der Waals surface area contributed by atoms with E-state index in [1.165, 1.54) is 0 Å². The molecule has 3 rings (SSSR count). The van der Waals surface area contributed by atoms with Crippen molar-refractivity contribution in [2.45, 2.75) is 52.6 Å². The highest BCUT2D eigenvalue weighted by atomic mass is 16.2. The van der Waals surface area contributed by atoms with Crippen LogP contribution in [0.2, 0.25) is 0 Å². The zero-order valence-electron chi connectivity index (χ0n) is 15.9. The first kappa shape index (κ1) is 18.4. The maximum atomic E-state index is 12.9. The number of aromatic nitrogens is 2. The summed E-state index contributed by atoms with van der Waals surface area (Å²) in [6.07, 6.45) is 2.55. The summed E-state index contributed by atoms with van der Waals surface area (Å²) in [4.78, 5) is 31.3. The molecule has 0 spiro atoms. The second-order valence-electron chi connectivity index (χ2n) is 7.25. The summed E-state index contributed by atoms with van der Waals surface area (Å²) in [5.74, 6) is 1.52. The van der Waals surface area contributed by atoms with Gasteiger partial charge in [-0.3, -0.25) is 9.59 Å². The molecule has 0 radical (unpaired) electrons. The fraction of sp³-hybridized carbons (Fsp3) is 0.550. The SMILES string of the molecule is CCC(=O)NC(C)c1nc2ccccc2n1CC(=O)N1CCC(C)CC1. The van der Waals surface area contributed by atoms with Gasteiger partial charge in [-0.05, 0) is 37.8 Å². The Morgan fingerprint density at radius 2 is 1.96 bits per heavy atom. The summed E-state index contributed by atoms with van der Waals surface area (Å²) in [7, 11) is 0. The number of amides is 2. The first-order chi connectivity index (χ1) is 12.5. The normalized spacial score (nSPS) is 16.7. The molecule has 2 amide bonds.